The van der Waals surface area contributed by atoms with Crippen molar-refractivity contribution in [3.63, 3.8) is 0 Å². The number of pyridine rings is 1. The quantitative estimate of drug-likeness (QED) is 0.861. The summed E-state index contributed by atoms with van der Waals surface area (Å²) in [6.07, 6.45) is 9.82. The number of rotatable bonds is 5. The van der Waals surface area contributed by atoms with Gasteiger partial charge in [0.25, 0.3) is 0 Å². The Labute approximate surface area is 111 Å². The third-order valence-corrected chi connectivity index (χ3v) is 4.44. The van der Waals surface area contributed by atoms with Crippen LogP contribution in [0.4, 0.5) is 0 Å². The van der Waals surface area contributed by atoms with Gasteiger partial charge in [-0.25, -0.2) is 0 Å². The van der Waals surface area contributed by atoms with Crippen LogP contribution in [-0.2, 0) is 6.42 Å². The Hall–Kier alpha value is -0.890. The second kappa shape index (κ2) is 6.89. The van der Waals surface area contributed by atoms with Gasteiger partial charge in [-0.15, -0.1) is 0 Å². The van der Waals surface area contributed by atoms with Crippen molar-refractivity contribution in [2.75, 3.05) is 7.05 Å². The van der Waals surface area contributed by atoms with E-state index in [1.54, 1.807) is 0 Å². The first-order chi connectivity index (χ1) is 8.79. The summed E-state index contributed by atoms with van der Waals surface area (Å²) in [7, 11) is 2.11. The molecule has 1 N–H and O–H groups in total. The second-order valence-electron chi connectivity index (χ2n) is 5.77. The zero-order valence-electron chi connectivity index (χ0n) is 11.7. The van der Waals surface area contributed by atoms with E-state index in [4.69, 9.17) is 0 Å². The average molecular weight is 246 g/mol. The van der Waals surface area contributed by atoms with Crippen molar-refractivity contribution in [1.29, 1.82) is 0 Å². The van der Waals surface area contributed by atoms with Gasteiger partial charge in [0.2, 0.25) is 0 Å². The van der Waals surface area contributed by atoms with Crippen molar-refractivity contribution in [3.05, 3.63) is 30.1 Å². The summed E-state index contributed by atoms with van der Waals surface area (Å²) in [4.78, 5) is 4.41. The minimum Gasteiger partial charge on any atom is -0.317 e. The van der Waals surface area contributed by atoms with Crippen LogP contribution >= 0.6 is 0 Å². The summed E-state index contributed by atoms with van der Waals surface area (Å²) in [6.45, 7) is 2.39. The molecule has 0 spiro atoms. The fourth-order valence-corrected chi connectivity index (χ4v) is 3.15. The summed E-state index contributed by atoms with van der Waals surface area (Å²) in [5.74, 6) is 1.81. The fourth-order valence-electron chi connectivity index (χ4n) is 3.15. The van der Waals surface area contributed by atoms with E-state index in [1.165, 1.54) is 37.8 Å². The second-order valence-corrected chi connectivity index (χ2v) is 5.77. The van der Waals surface area contributed by atoms with Crippen molar-refractivity contribution < 1.29 is 0 Å². The summed E-state index contributed by atoms with van der Waals surface area (Å²) < 4.78 is 0. The predicted molar refractivity (Wildman–Crippen MR) is 76.5 cm³/mol. The van der Waals surface area contributed by atoms with Crippen LogP contribution in [0.3, 0.4) is 0 Å². The van der Waals surface area contributed by atoms with E-state index in [-0.39, 0.29) is 0 Å². The van der Waals surface area contributed by atoms with Gasteiger partial charge in [-0.05, 0) is 56.7 Å². The number of hydrogen-bond acceptors (Lipinski definition) is 2. The van der Waals surface area contributed by atoms with Gasteiger partial charge in [0, 0.05) is 17.9 Å². The largest absolute Gasteiger partial charge is 0.317 e. The van der Waals surface area contributed by atoms with Gasteiger partial charge in [-0.3, -0.25) is 4.98 Å². The normalized spacial score (nSPS) is 25.9. The van der Waals surface area contributed by atoms with Crippen molar-refractivity contribution in [2.24, 2.45) is 11.8 Å². The molecule has 0 radical (unpaired) electrons. The minimum absolute atomic E-state index is 0.666. The van der Waals surface area contributed by atoms with E-state index in [1.807, 2.05) is 12.3 Å². The summed E-state index contributed by atoms with van der Waals surface area (Å²) in [6, 6.07) is 6.87. The molecule has 1 fully saturated rings. The lowest BCUT2D eigenvalue weighted by atomic mass is 9.78. The molecule has 0 aromatic carbocycles. The molecule has 1 heterocycles. The smallest absolute Gasteiger partial charge is 0.0404 e. The standard InChI is InChI=1S/C16H26N2/c1-13-6-8-14(9-7-13)16(17-2)11-10-15-5-3-4-12-18-15/h3-5,12-14,16-17H,6-11H2,1-2H3. The molecular weight excluding hydrogens is 220 g/mol. The zero-order chi connectivity index (χ0) is 12.8. The molecule has 1 atom stereocenters. The molecule has 0 saturated heterocycles. The van der Waals surface area contributed by atoms with Gasteiger partial charge < -0.3 is 5.32 Å². The topological polar surface area (TPSA) is 24.9 Å². The van der Waals surface area contributed by atoms with E-state index in [2.05, 4.69) is 36.4 Å². The van der Waals surface area contributed by atoms with Gasteiger partial charge in [-0.2, -0.15) is 0 Å². The third-order valence-electron chi connectivity index (χ3n) is 4.44. The van der Waals surface area contributed by atoms with Crippen molar-refractivity contribution in [3.8, 4) is 0 Å². The van der Waals surface area contributed by atoms with Crippen molar-refractivity contribution in [1.82, 2.24) is 10.3 Å². The molecule has 1 aromatic rings. The Kier molecular flexibility index (Phi) is 5.18. The van der Waals surface area contributed by atoms with Gasteiger partial charge in [0.15, 0.2) is 0 Å². The average Bonchev–Trinajstić information content (AvgIpc) is 2.42. The lowest BCUT2D eigenvalue weighted by molar-refractivity contribution is 0.229. The minimum atomic E-state index is 0.666. The summed E-state index contributed by atoms with van der Waals surface area (Å²) in [5.41, 5.74) is 1.22. The fraction of sp³-hybridized carbons (Fsp3) is 0.688. The first-order valence-electron chi connectivity index (χ1n) is 7.36. The van der Waals surface area contributed by atoms with Gasteiger partial charge in [-0.1, -0.05) is 25.8 Å². The van der Waals surface area contributed by atoms with E-state index >= 15 is 0 Å². The lowest BCUT2D eigenvalue weighted by Crippen LogP contribution is -2.36. The van der Waals surface area contributed by atoms with Crippen LogP contribution in [0, 0.1) is 11.8 Å². The van der Waals surface area contributed by atoms with E-state index < -0.39 is 0 Å². The molecule has 2 heteroatoms. The van der Waals surface area contributed by atoms with Gasteiger partial charge in [0.05, 0.1) is 0 Å². The van der Waals surface area contributed by atoms with Crippen LogP contribution in [0.5, 0.6) is 0 Å². The molecule has 1 aliphatic rings. The number of aryl methyl sites for hydroxylation is 1. The maximum absolute atomic E-state index is 4.41. The number of aromatic nitrogens is 1. The highest BCUT2D eigenvalue weighted by Gasteiger charge is 2.24. The van der Waals surface area contributed by atoms with Crippen LogP contribution in [0.15, 0.2) is 24.4 Å². The lowest BCUT2D eigenvalue weighted by Gasteiger charge is -2.32. The molecule has 2 rings (SSSR count). The first-order valence-corrected chi connectivity index (χ1v) is 7.36. The highest BCUT2D eigenvalue weighted by molar-refractivity contribution is 5.04. The predicted octanol–water partition coefficient (Wildman–Crippen LogP) is 3.43. The molecular formula is C16H26N2. The maximum Gasteiger partial charge on any atom is 0.0404 e. The van der Waals surface area contributed by atoms with Crippen LogP contribution < -0.4 is 5.32 Å². The number of nitrogens with one attached hydrogen (secondary N) is 1. The molecule has 0 aliphatic heterocycles. The van der Waals surface area contributed by atoms with Gasteiger partial charge >= 0.3 is 0 Å². The Balaban J connectivity index is 1.82. The number of nitrogens with zero attached hydrogens (tertiary/aromatic N) is 1. The molecule has 1 saturated carbocycles. The van der Waals surface area contributed by atoms with E-state index in [0.717, 1.165) is 18.3 Å². The molecule has 1 aromatic heterocycles. The zero-order valence-corrected chi connectivity index (χ0v) is 11.7. The molecule has 0 amide bonds. The third kappa shape index (κ3) is 3.81. The highest BCUT2D eigenvalue weighted by atomic mass is 14.9. The molecule has 1 unspecified atom stereocenters. The Morgan fingerprint density at radius 1 is 1.28 bits per heavy atom. The Morgan fingerprint density at radius 2 is 2.06 bits per heavy atom. The molecule has 18 heavy (non-hydrogen) atoms. The summed E-state index contributed by atoms with van der Waals surface area (Å²) in [5, 5.41) is 3.53. The maximum atomic E-state index is 4.41. The van der Waals surface area contributed by atoms with E-state index in [9.17, 15) is 0 Å². The Bertz CT molecular complexity index is 328. The van der Waals surface area contributed by atoms with Crippen LogP contribution in [-0.4, -0.2) is 18.1 Å². The monoisotopic (exact) mass is 246 g/mol. The van der Waals surface area contributed by atoms with Crippen LogP contribution in [0.2, 0.25) is 0 Å². The van der Waals surface area contributed by atoms with Crippen LogP contribution in [0.25, 0.3) is 0 Å². The van der Waals surface area contributed by atoms with E-state index in [0.29, 0.717) is 6.04 Å². The molecule has 2 nitrogen and oxygen atoms in total. The van der Waals surface area contributed by atoms with Crippen molar-refractivity contribution in [2.45, 2.75) is 51.5 Å². The molecule has 100 valence electrons. The van der Waals surface area contributed by atoms with Crippen LogP contribution in [0.1, 0.15) is 44.7 Å². The summed E-state index contributed by atoms with van der Waals surface area (Å²) >= 11 is 0. The molecule has 1 aliphatic carbocycles. The SMILES string of the molecule is CNC(CCc1ccccn1)C1CCC(C)CC1. The molecule has 0 bridgehead atoms. The van der Waals surface area contributed by atoms with Crippen molar-refractivity contribution >= 4 is 0 Å². The highest BCUT2D eigenvalue weighted by Crippen LogP contribution is 2.31. The number of hydrogen-bond donors (Lipinski definition) is 1. The Morgan fingerprint density at radius 3 is 2.67 bits per heavy atom. The van der Waals surface area contributed by atoms with Gasteiger partial charge in [0.1, 0.15) is 0 Å². The first kappa shape index (κ1) is 13.5.